The van der Waals surface area contributed by atoms with Crippen molar-refractivity contribution < 1.29 is 0 Å². The van der Waals surface area contributed by atoms with E-state index in [0.29, 0.717) is 0 Å². The first-order chi connectivity index (χ1) is 8.56. The van der Waals surface area contributed by atoms with Crippen LogP contribution < -0.4 is 11.1 Å². The number of pyridine rings is 1. The zero-order valence-corrected chi connectivity index (χ0v) is 12.1. The van der Waals surface area contributed by atoms with Crippen LogP contribution in [-0.2, 0) is 6.54 Å². The number of anilines is 2. The maximum absolute atomic E-state index is 5.74. The predicted octanol–water partition coefficient (Wildman–Crippen LogP) is 3.66. The molecular weight excluding hydrogens is 290 g/mol. The van der Waals surface area contributed by atoms with E-state index >= 15 is 0 Å². The Morgan fingerprint density at radius 1 is 1.22 bits per heavy atom. The van der Waals surface area contributed by atoms with Crippen LogP contribution in [0.4, 0.5) is 11.5 Å². The minimum Gasteiger partial charge on any atom is -0.397 e. The Labute approximate surface area is 116 Å². The van der Waals surface area contributed by atoms with E-state index in [1.807, 2.05) is 25.1 Å². The number of aryl methyl sites for hydroxylation is 2. The fourth-order valence-corrected chi connectivity index (χ4v) is 2.10. The topological polar surface area (TPSA) is 50.9 Å². The number of rotatable bonds is 3. The number of hydrogen-bond donors (Lipinski definition) is 2. The first kappa shape index (κ1) is 12.9. The Morgan fingerprint density at radius 3 is 2.72 bits per heavy atom. The molecular formula is C14H16BrN3. The van der Waals surface area contributed by atoms with Crippen LogP contribution in [-0.4, -0.2) is 4.98 Å². The molecule has 0 saturated heterocycles. The summed E-state index contributed by atoms with van der Waals surface area (Å²) in [5.41, 5.74) is 9.83. The Kier molecular flexibility index (Phi) is 3.87. The van der Waals surface area contributed by atoms with Crippen LogP contribution in [0.5, 0.6) is 0 Å². The number of benzene rings is 1. The molecule has 2 aromatic rings. The predicted molar refractivity (Wildman–Crippen MR) is 79.6 cm³/mol. The lowest BCUT2D eigenvalue weighted by atomic mass is 10.1. The maximum Gasteiger partial charge on any atom is 0.126 e. The lowest BCUT2D eigenvalue weighted by Gasteiger charge is -2.10. The van der Waals surface area contributed by atoms with Crippen LogP contribution in [0.15, 0.2) is 34.8 Å². The van der Waals surface area contributed by atoms with Crippen molar-refractivity contribution >= 4 is 27.4 Å². The van der Waals surface area contributed by atoms with Crippen molar-refractivity contribution in [3.8, 4) is 0 Å². The van der Waals surface area contributed by atoms with Crippen molar-refractivity contribution in [2.45, 2.75) is 20.4 Å². The highest BCUT2D eigenvalue weighted by Crippen LogP contribution is 2.18. The molecule has 1 aromatic heterocycles. The fourth-order valence-electron chi connectivity index (χ4n) is 1.69. The Bertz CT molecular complexity index is 567. The van der Waals surface area contributed by atoms with E-state index in [2.05, 4.69) is 45.3 Å². The van der Waals surface area contributed by atoms with E-state index < -0.39 is 0 Å². The molecule has 0 spiro atoms. The first-order valence-corrected chi connectivity index (χ1v) is 6.57. The number of nitrogens with one attached hydrogen (secondary N) is 1. The lowest BCUT2D eigenvalue weighted by Crippen LogP contribution is -2.04. The minimum atomic E-state index is 0.721. The molecule has 3 N–H and O–H groups in total. The van der Waals surface area contributed by atoms with E-state index in [0.717, 1.165) is 28.2 Å². The molecule has 0 fully saturated rings. The summed E-state index contributed by atoms with van der Waals surface area (Å²) in [5.74, 6) is 0.848. The highest BCUT2D eigenvalue weighted by molar-refractivity contribution is 9.10. The quantitative estimate of drug-likeness (QED) is 0.910. The minimum absolute atomic E-state index is 0.721. The Balaban J connectivity index is 2.11. The van der Waals surface area contributed by atoms with E-state index in [9.17, 15) is 0 Å². The van der Waals surface area contributed by atoms with Crippen molar-refractivity contribution in [3.05, 3.63) is 51.6 Å². The zero-order chi connectivity index (χ0) is 13.1. The lowest BCUT2D eigenvalue weighted by molar-refractivity contribution is 1.07. The third kappa shape index (κ3) is 3.01. The molecule has 4 heteroatoms. The fraction of sp³-hybridized carbons (Fsp3) is 0.214. The molecule has 18 heavy (non-hydrogen) atoms. The number of aromatic nitrogens is 1. The summed E-state index contributed by atoms with van der Waals surface area (Å²) in [6, 6.07) is 10.0. The van der Waals surface area contributed by atoms with E-state index in [1.165, 1.54) is 11.1 Å². The van der Waals surface area contributed by atoms with Gasteiger partial charge in [-0.1, -0.05) is 22.0 Å². The standard InChI is InChI=1S/C14H16BrN3/c1-9-3-4-12(15)7-11(9)8-17-14-6-5-13(16)10(2)18-14/h3-7H,8,16H2,1-2H3,(H,17,18). The smallest absolute Gasteiger partial charge is 0.126 e. The largest absolute Gasteiger partial charge is 0.397 e. The summed E-state index contributed by atoms with van der Waals surface area (Å²) >= 11 is 3.48. The van der Waals surface area contributed by atoms with E-state index in [1.54, 1.807) is 0 Å². The number of nitrogen functional groups attached to an aromatic ring is 1. The second-order valence-corrected chi connectivity index (χ2v) is 5.21. The number of halogens is 1. The molecule has 94 valence electrons. The zero-order valence-electron chi connectivity index (χ0n) is 10.5. The van der Waals surface area contributed by atoms with Crippen molar-refractivity contribution in [2.75, 3.05) is 11.1 Å². The van der Waals surface area contributed by atoms with Gasteiger partial charge >= 0.3 is 0 Å². The third-order valence-electron chi connectivity index (χ3n) is 2.90. The normalized spacial score (nSPS) is 10.4. The molecule has 0 aliphatic carbocycles. The maximum atomic E-state index is 5.74. The second-order valence-electron chi connectivity index (χ2n) is 4.30. The summed E-state index contributed by atoms with van der Waals surface area (Å²) in [7, 11) is 0. The van der Waals surface area contributed by atoms with Crippen molar-refractivity contribution in [1.29, 1.82) is 0 Å². The highest BCUT2D eigenvalue weighted by atomic mass is 79.9. The van der Waals surface area contributed by atoms with Gasteiger partial charge in [-0.05, 0) is 49.2 Å². The van der Waals surface area contributed by atoms with Gasteiger partial charge in [0.15, 0.2) is 0 Å². The Hall–Kier alpha value is -1.55. The van der Waals surface area contributed by atoms with Gasteiger partial charge in [-0.15, -0.1) is 0 Å². The van der Waals surface area contributed by atoms with Crippen molar-refractivity contribution in [1.82, 2.24) is 4.98 Å². The van der Waals surface area contributed by atoms with Crippen LogP contribution in [0.1, 0.15) is 16.8 Å². The summed E-state index contributed by atoms with van der Waals surface area (Å²) in [6.45, 7) is 4.76. The highest BCUT2D eigenvalue weighted by Gasteiger charge is 2.01. The SMILES string of the molecule is Cc1ccc(Br)cc1CNc1ccc(N)c(C)n1. The van der Waals surface area contributed by atoms with Crippen LogP contribution in [0.25, 0.3) is 0 Å². The molecule has 0 amide bonds. The second kappa shape index (κ2) is 5.40. The van der Waals surface area contributed by atoms with Gasteiger partial charge in [-0.3, -0.25) is 0 Å². The molecule has 0 atom stereocenters. The van der Waals surface area contributed by atoms with Crippen LogP contribution >= 0.6 is 15.9 Å². The molecule has 0 aliphatic heterocycles. The third-order valence-corrected chi connectivity index (χ3v) is 3.39. The molecule has 1 heterocycles. The van der Waals surface area contributed by atoms with Gasteiger partial charge in [0.2, 0.25) is 0 Å². The van der Waals surface area contributed by atoms with Crippen LogP contribution in [0.3, 0.4) is 0 Å². The number of nitrogens with zero attached hydrogens (tertiary/aromatic N) is 1. The van der Waals surface area contributed by atoms with Gasteiger partial charge in [0.05, 0.1) is 11.4 Å². The van der Waals surface area contributed by atoms with E-state index in [-0.39, 0.29) is 0 Å². The molecule has 3 nitrogen and oxygen atoms in total. The van der Waals surface area contributed by atoms with Crippen LogP contribution in [0.2, 0.25) is 0 Å². The molecule has 1 aromatic carbocycles. The average molecular weight is 306 g/mol. The van der Waals surface area contributed by atoms with E-state index in [4.69, 9.17) is 5.73 Å². The van der Waals surface area contributed by atoms with Gasteiger partial charge in [-0.25, -0.2) is 4.98 Å². The molecule has 0 bridgehead atoms. The monoisotopic (exact) mass is 305 g/mol. The first-order valence-electron chi connectivity index (χ1n) is 5.78. The van der Waals surface area contributed by atoms with Gasteiger partial charge in [0.25, 0.3) is 0 Å². The Morgan fingerprint density at radius 2 is 2.00 bits per heavy atom. The number of hydrogen-bond acceptors (Lipinski definition) is 3. The average Bonchev–Trinajstić information content (AvgIpc) is 2.34. The van der Waals surface area contributed by atoms with Crippen LogP contribution in [0, 0.1) is 13.8 Å². The van der Waals surface area contributed by atoms with Crippen molar-refractivity contribution in [2.24, 2.45) is 0 Å². The summed E-state index contributed by atoms with van der Waals surface area (Å²) in [5, 5.41) is 3.31. The summed E-state index contributed by atoms with van der Waals surface area (Å²) in [6.07, 6.45) is 0. The number of nitrogens with two attached hydrogens (primary N) is 1. The molecule has 0 unspecified atom stereocenters. The molecule has 0 saturated carbocycles. The summed E-state index contributed by atoms with van der Waals surface area (Å²) < 4.78 is 1.09. The van der Waals surface area contributed by atoms with Gasteiger partial charge < -0.3 is 11.1 Å². The molecule has 2 rings (SSSR count). The summed E-state index contributed by atoms with van der Waals surface area (Å²) in [4.78, 5) is 4.39. The van der Waals surface area contributed by atoms with Gasteiger partial charge in [0, 0.05) is 11.0 Å². The van der Waals surface area contributed by atoms with Crippen molar-refractivity contribution in [3.63, 3.8) is 0 Å². The van der Waals surface area contributed by atoms with Gasteiger partial charge in [0.1, 0.15) is 5.82 Å². The molecule has 0 aliphatic rings. The molecule has 0 radical (unpaired) electrons. The van der Waals surface area contributed by atoms with Gasteiger partial charge in [-0.2, -0.15) is 0 Å².